The Bertz CT molecular complexity index is 391. The number of rotatable bonds is 8. The van der Waals surface area contributed by atoms with Gasteiger partial charge in [-0.2, -0.15) is 0 Å². The van der Waals surface area contributed by atoms with Crippen LogP contribution in [0.25, 0.3) is 0 Å². The van der Waals surface area contributed by atoms with E-state index in [9.17, 15) is 13.6 Å². The van der Waals surface area contributed by atoms with Crippen molar-refractivity contribution in [3.63, 3.8) is 0 Å². The quantitative estimate of drug-likeness (QED) is 0.523. The topological polar surface area (TPSA) is 26.3 Å². The number of hydrogen-bond donors (Lipinski definition) is 0. The first-order valence-corrected chi connectivity index (χ1v) is 6.21. The van der Waals surface area contributed by atoms with Gasteiger partial charge in [0.15, 0.2) is 5.78 Å². The number of ketones is 1. The SMILES string of the molecule is CCCCCCOCC(=O)c1cc(F)ccc1F. The van der Waals surface area contributed by atoms with E-state index in [0.29, 0.717) is 6.61 Å². The lowest BCUT2D eigenvalue weighted by Gasteiger charge is -2.04. The van der Waals surface area contributed by atoms with Crippen LogP contribution < -0.4 is 0 Å². The number of hydrogen-bond acceptors (Lipinski definition) is 2. The summed E-state index contributed by atoms with van der Waals surface area (Å²) in [6.07, 6.45) is 4.20. The molecule has 0 unspecified atom stereocenters. The summed E-state index contributed by atoms with van der Waals surface area (Å²) in [5.74, 6) is -1.86. The van der Waals surface area contributed by atoms with E-state index >= 15 is 0 Å². The van der Waals surface area contributed by atoms with Crippen LogP contribution in [0.2, 0.25) is 0 Å². The van der Waals surface area contributed by atoms with Crippen molar-refractivity contribution >= 4 is 5.78 Å². The molecule has 0 N–H and O–H groups in total. The number of Topliss-reactive ketones (excluding diaryl/α,β-unsaturated/α-hetero) is 1. The monoisotopic (exact) mass is 256 g/mol. The zero-order valence-electron chi connectivity index (χ0n) is 10.5. The third-order valence-corrected chi connectivity index (χ3v) is 2.60. The minimum Gasteiger partial charge on any atom is -0.373 e. The molecule has 0 heterocycles. The highest BCUT2D eigenvalue weighted by atomic mass is 19.1. The van der Waals surface area contributed by atoms with Crippen LogP contribution in [0.3, 0.4) is 0 Å². The maximum absolute atomic E-state index is 13.3. The van der Waals surface area contributed by atoms with Gasteiger partial charge in [0.2, 0.25) is 0 Å². The summed E-state index contributed by atoms with van der Waals surface area (Å²) in [7, 11) is 0. The second-order valence-corrected chi connectivity index (χ2v) is 4.16. The van der Waals surface area contributed by atoms with Crippen molar-refractivity contribution in [3.05, 3.63) is 35.4 Å². The summed E-state index contributed by atoms with van der Waals surface area (Å²) in [5.41, 5.74) is -0.247. The molecule has 0 aliphatic carbocycles. The molecule has 0 amide bonds. The van der Waals surface area contributed by atoms with Gasteiger partial charge in [0.1, 0.15) is 18.2 Å². The van der Waals surface area contributed by atoms with E-state index in [-0.39, 0.29) is 12.2 Å². The number of carbonyl (C=O) groups is 1. The Morgan fingerprint density at radius 2 is 2.00 bits per heavy atom. The van der Waals surface area contributed by atoms with Crippen LogP contribution in [0.15, 0.2) is 18.2 Å². The van der Waals surface area contributed by atoms with Gasteiger partial charge in [-0.3, -0.25) is 4.79 Å². The molecule has 0 bridgehead atoms. The van der Waals surface area contributed by atoms with Crippen LogP contribution in [-0.4, -0.2) is 19.0 Å². The third-order valence-electron chi connectivity index (χ3n) is 2.60. The molecule has 0 fully saturated rings. The summed E-state index contributed by atoms with van der Waals surface area (Å²) in [6, 6.07) is 2.83. The van der Waals surface area contributed by atoms with Crippen molar-refractivity contribution in [3.8, 4) is 0 Å². The fourth-order valence-corrected chi connectivity index (χ4v) is 1.58. The molecular weight excluding hydrogens is 238 g/mol. The van der Waals surface area contributed by atoms with Gasteiger partial charge < -0.3 is 4.74 Å². The molecule has 0 saturated heterocycles. The van der Waals surface area contributed by atoms with Crippen LogP contribution in [0.5, 0.6) is 0 Å². The highest BCUT2D eigenvalue weighted by Gasteiger charge is 2.12. The molecule has 1 rings (SSSR count). The van der Waals surface area contributed by atoms with Crippen molar-refractivity contribution < 1.29 is 18.3 Å². The van der Waals surface area contributed by atoms with Crippen molar-refractivity contribution in [1.82, 2.24) is 0 Å². The smallest absolute Gasteiger partial charge is 0.191 e. The number of benzene rings is 1. The summed E-state index contributed by atoms with van der Waals surface area (Å²) >= 11 is 0. The van der Waals surface area contributed by atoms with Crippen LogP contribution in [-0.2, 0) is 4.74 Å². The first-order chi connectivity index (χ1) is 8.65. The number of halogens is 2. The molecule has 0 atom stereocenters. The van der Waals surface area contributed by atoms with Crippen molar-refractivity contribution in [1.29, 1.82) is 0 Å². The molecule has 1 aromatic rings. The Labute approximate surface area is 106 Å². The van der Waals surface area contributed by atoms with Crippen LogP contribution in [0, 0.1) is 11.6 Å². The van der Waals surface area contributed by atoms with Gasteiger partial charge in [0, 0.05) is 6.61 Å². The van der Waals surface area contributed by atoms with Gasteiger partial charge in [0.25, 0.3) is 0 Å². The highest BCUT2D eigenvalue weighted by Crippen LogP contribution is 2.10. The van der Waals surface area contributed by atoms with E-state index < -0.39 is 17.4 Å². The standard InChI is InChI=1S/C14H18F2O2/c1-2-3-4-5-8-18-10-14(17)12-9-11(15)6-7-13(12)16/h6-7,9H,2-5,8,10H2,1H3. The Morgan fingerprint density at radius 1 is 1.22 bits per heavy atom. The number of ether oxygens (including phenoxy) is 1. The van der Waals surface area contributed by atoms with Crippen molar-refractivity contribution in [2.45, 2.75) is 32.6 Å². The lowest BCUT2D eigenvalue weighted by Crippen LogP contribution is -2.12. The molecule has 0 aliphatic heterocycles. The molecule has 0 aliphatic rings. The van der Waals surface area contributed by atoms with Crippen LogP contribution in [0.4, 0.5) is 8.78 Å². The fraction of sp³-hybridized carbons (Fsp3) is 0.500. The summed E-state index contributed by atoms with van der Waals surface area (Å²) in [5, 5.41) is 0. The number of unbranched alkanes of at least 4 members (excludes halogenated alkanes) is 3. The Hall–Kier alpha value is -1.29. The van der Waals surface area contributed by atoms with E-state index in [1.165, 1.54) is 0 Å². The molecular formula is C14H18F2O2. The fourth-order valence-electron chi connectivity index (χ4n) is 1.58. The van der Waals surface area contributed by atoms with Gasteiger partial charge in [-0.1, -0.05) is 26.2 Å². The Kier molecular flexibility index (Phi) is 6.50. The largest absolute Gasteiger partial charge is 0.373 e. The predicted octanol–water partition coefficient (Wildman–Crippen LogP) is 3.74. The third kappa shape index (κ3) is 4.92. The Balaban J connectivity index is 2.34. The first kappa shape index (κ1) is 14.8. The lowest BCUT2D eigenvalue weighted by molar-refractivity contribution is 0.0748. The van der Waals surface area contributed by atoms with Crippen LogP contribution in [0.1, 0.15) is 43.0 Å². The molecule has 2 nitrogen and oxygen atoms in total. The second kappa shape index (κ2) is 7.93. The van der Waals surface area contributed by atoms with Gasteiger partial charge in [-0.05, 0) is 24.6 Å². The van der Waals surface area contributed by atoms with E-state index in [1.54, 1.807) is 0 Å². The predicted molar refractivity (Wildman–Crippen MR) is 65.6 cm³/mol. The molecule has 100 valence electrons. The van der Waals surface area contributed by atoms with E-state index in [1.807, 2.05) is 0 Å². The minimum absolute atomic E-state index is 0.202. The summed E-state index contributed by atoms with van der Waals surface area (Å²) in [6.45, 7) is 2.38. The first-order valence-electron chi connectivity index (χ1n) is 6.21. The van der Waals surface area contributed by atoms with E-state index in [2.05, 4.69) is 6.92 Å². The van der Waals surface area contributed by atoms with Crippen LogP contribution >= 0.6 is 0 Å². The summed E-state index contributed by atoms with van der Waals surface area (Å²) in [4.78, 5) is 11.6. The molecule has 0 aromatic heterocycles. The van der Waals surface area contributed by atoms with Crippen molar-refractivity contribution in [2.75, 3.05) is 13.2 Å². The van der Waals surface area contributed by atoms with Gasteiger partial charge in [0.05, 0.1) is 5.56 Å². The zero-order valence-corrected chi connectivity index (χ0v) is 10.5. The average molecular weight is 256 g/mol. The molecule has 0 radical (unpaired) electrons. The maximum Gasteiger partial charge on any atom is 0.191 e. The normalized spacial score (nSPS) is 10.6. The molecule has 18 heavy (non-hydrogen) atoms. The number of carbonyl (C=O) groups excluding carboxylic acids is 1. The second-order valence-electron chi connectivity index (χ2n) is 4.16. The van der Waals surface area contributed by atoms with E-state index in [0.717, 1.165) is 43.9 Å². The molecule has 4 heteroatoms. The summed E-state index contributed by atoms with van der Waals surface area (Å²) < 4.78 is 31.3. The van der Waals surface area contributed by atoms with Gasteiger partial charge >= 0.3 is 0 Å². The van der Waals surface area contributed by atoms with Gasteiger partial charge in [-0.15, -0.1) is 0 Å². The van der Waals surface area contributed by atoms with Crippen molar-refractivity contribution in [2.24, 2.45) is 0 Å². The molecule has 1 aromatic carbocycles. The average Bonchev–Trinajstić information content (AvgIpc) is 2.36. The Morgan fingerprint density at radius 3 is 2.72 bits per heavy atom. The lowest BCUT2D eigenvalue weighted by atomic mass is 10.1. The highest BCUT2D eigenvalue weighted by molar-refractivity contribution is 5.97. The zero-order chi connectivity index (χ0) is 13.4. The molecule has 0 spiro atoms. The van der Waals surface area contributed by atoms with E-state index in [4.69, 9.17) is 4.74 Å². The molecule has 0 saturated carbocycles. The maximum atomic E-state index is 13.3. The van der Waals surface area contributed by atoms with Gasteiger partial charge in [-0.25, -0.2) is 8.78 Å². The minimum atomic E-state index is -0.712.